The van der Waals surface area contributed by atoms with Gasteiger partial charge in [-0.3, -0.25) is 4.79 Å². The van der Waals surface area contributed by atoms with Gasteiger partial charge in [-0.25, -0.2) is 0 Å². The Hall–Kier alpha value is -1.55. The largest absolute Gasteiger partial charge is 0.490 e. The van der Waals surface area contributed by atoms with Crippen LogP contribution in [0, 0.1) is 5.92 Å². The lowest BCUT2D eigenvalue weighted by Gasteiger charge is -2.31. The molecule has 0 aliphatic carbocycles. The van der Waals surface area contributed by atoms with Crippen molar-refractivity contribution in [2.45, 2.75) is 19.8 Å². The van der Waals surface area contributed by atoms with Crippen LogP contribution in [0.2, 0.25) is 0 Å². The molecule has 0 aromatic heterocycles. The first-order chi connectivity index (χ1) is 8.77. The zero-order valence-corrected chi connectivity index (χ0v) is 10.8. The first-order valence-corrected chi connectivity index (χ1v) is 6.51. The van der Waals surface area contributed by atoms with E-state index in [0.717, 1.165) is 24.3 Å². The highest BCUT2D eigenvalue weighted by atomic mass is 16.5. The number of ether oxygens (including phenoxy) is 1. The lowest BCUT2D eigenvalue weighted by molar-refractivity contribution is -0.122. The minimum atomic E-state index is -0.0823. The van der Waals surface area contributed by atoms with E-state index in [1.807, 2.05) is 29.2 Å². The quantitative estimate of drug-likeness (QED) is 0.883. The summed E-state index contributed by atoms with van der Waals surface area (Å²) in [5.41, 5.74) is 6.57. The molecule has 4 heteroatoms. The molecule has 1 aromatic rings. The van der Waals surface area contributed by atoms with E-state index in [9.17, 15) is 4.79 Å². The van der Waals surface area contributed by atoms with Crippen LogP contribution in [0.5, 0.6) is 5.75 Å². The van der Waals surface area contributed by atoms with E-state index >= 15 is 0 Å². The first-order valence-electron chi connectivity index (χ1n) is 6.51. The fourth-order valence-electron chi connectivity index (χ4n) is 2.31. The molecule has 1 atom stereocenters. The number of fused-ring (bicyclic) bond motifs is 1. The van der Waals surface area contributed by atoms with Gasteiger partial charge < -0.3 is 15.4 Å². The van der Waals surface area contributed by atoms with Gasteiger partial charge in [0.2, 0.25) is 5.91 Å². The van der Waals surface area contributed by atoms with Crippen LogP contribution in [-0.4, -0.2) is 25.6 Å². The average molecular weight is 248 g/mol. The molecular weight excluding hydrogens is 228 g/mol. The maximum Gasteiger partial charge on any atom is 0.231 e. The molecule has 2 rings (SSSR count). The lowest BCUT2D eigenvalue weighted by Crippen LogP contribution is -2.43. The fraction of sp³-hybridized carbons (Fsp3) is 0.500. The highest BCUT2D eigenvalue weighted by molar-refractivity contribution is 5.96. The molecule has 0 spiro atoms. The normalized spacial score (nSPS) is 15.8. The maximum atomic E-state index is 12.5. The van der Waals surface area contributed by atoms with Gasteiger partial charge in [0.25, 0.3) is 0 Å². The summed E-state index contributed by atoms with van der Waals surface area (Å²) in [6.07, 6.45) is 1.81. The van der Waals surface area contributed by atoms with Crippen molar-refractivity contribution < 1.29 is 9.53 Å². The third-order valence-electron chi connectivity index (χ3n) is 3.27. The standard InChI is InChI=1S/C14H20N2O2/c1-2-5-11(10-15)14(17)16-8-9-18-13-7-4-3-6-12(13)16/h3-4,6-7,11H,2,5,8-10,15H2,1H3. The van der Waals surface area contributed by atoms with Crippen molar-refractivity contribution in [1.29, 1.82) is 0 Å². The van der Waals surface area contributed by atoms with Crippen molar-refractivity contribution in [2.75, 3.05) is 24.6 Å². The van der Waals surface area contributed by atoms with Crippen molar-refractivity contribution in [3.05, 3.63) is 24.3 Å². The molecular formula is C14H20N2O2. The Labute approximate surface area is 108 Å². The molecule has 18 heavy (non-hydrogen) atoms. The van der Waals surface area contributed by atoms with Crippen LogP contribution in [0.3, 0.4) is 0 Å². The molecule has 1 amide bonds. The summed E-state index contributed by atoms with van der Waals surface area (Å²) in [4.78, 5) is 14.3. The predicted octanol–water partition coefficient (Wildman–Crippen LogP) is 1.79. The highest BCUT2D eigenvalue weighted by Gasteiger charge is 2.27. The van der Waals surface area contributed by atoms with Gasteiger partial charge in [0.15, 0.2) is 0 Å². The monoisotopic (exact) mass is 248 g/mol. The molecule has 0 saturated carbocycles. The number of hydrogen-bond acceptors (Lipinski definition) is 3. The van der Waals surface area contributed by atoms with Crippen molar-refractivity contribution in [3.63, 3.8) is 0 Å². The molecule has 0 bridgehead atoms. The van der Waals surface area contributed by atoms with Gasteiger partial charge >= 0.3 is 0 Å². The van der Waals surface area contributed by atoms with Gasteiger partial charge in [0, 0.05) is 6.54 Å². The second-order valence-corrected chi connectivity index (χ2v) is 4.53. The molecule has 0 fully saturated rings. The molecule has 4 nitrogen and oxygen atoms in total. The number of benzene rings is 1. The Morgan fingerprint density at radius 3 is 3.00 bits per heavy atom. The summed E-state index contributed by atoms with van der Waals surface area (Å²) in [5.74, 6) is 0.820. The van der Waals surface area contributed by atoms with Crippen molar-refractivity contribution in [3.8, 4) is 5.75 Å². The average Bonchev–Trinajstić information content (AvgIpc) is 2.43. The maximum absolute atomic E-state index is 12.5. The SMILES string of the molecule is CCCC(CN)C(=O)N1CCOc2ccccc21. The third kappa shape index (κ3) is 2.48. The number of nitrogens with two attached hydrogens (primary N) is 1. The van der Waals surface area contributed by atoms with Gasteiger partial charge in [0.05, 0.1) is 18.2 Å². The third-order valence-corrected chi connectivity index (χ3v) is 3.27. The minimum absolute atomic E-state index is 0.0823. The van der Waals surface area contributed by atoms with E-state index in [1.54, 1.807) is 0 Å². The van der Waals surface area contributed by atoms with E-state index in [0.29, 0.717) is 19.7 Å². The van der Waals surface area contributed by atoms with Gasteiger partial charge in [-0.2, -0.15) is 0 Å². The highest BCUT2D eigenvalue weighted by Crippen LogP contribution is 2.32. The van der Waals surface area contributed by atoms with Gasteiger partial charge in [-0.1, -0.05) is 25.5 Å². The zero-order chi connectivity index (χ0) is 13.0. The molecule has 0 radical (unpaired) electrons. The van der Waals surface area contributed by atoms with E-state index in [2.05, 4.69) is 6.92 Å². The number of carbonyl (C=O) groups is 1. The van der Waals surface area contributed by atoms with E-state index in [-0.39, 0.29) is 11.8 Å². The molecule has 1 aliphatic heterocycles. The summed E-state index contributed by atoms with van der Waals surface area (Å²) >= 11 is 0. The number of anilines is 1. The summed E-state index contributed by atoms with van der Waals surface area (Å²) in [5, 5.41) is 0. The Morgan fingerprint density at radius 1 is 1.50 bits per heavy atom. The second-order valence-electron chi connectivity index (χ2n) is 4.53. The van der Waals surface area contributed by atoms with E-state index in [4.69, 9.17) is 10.5 Å². The predicted molar refractivity (Wildman–Crippen MR) is 71.7 cm³/mol. The zero-order valence-electron chi connectivity index (χ0n) is 10.8. The van der Waals surface area contributed by atoms with E-state index in [1.165, 1.54) is 0 Å². The Balaban J connectivity index is 2.21. The molecule has 1 heterocycles. The fourth-order valence-corrected chi connectivity index (χ4v) is 2.31. The van der Waals surface area contributed by atoms with Crippen molar-refractivity contribution in [1.82, 2.24) is 0 Å². The Morgan fingerprint density at radius 2 is 2.28 bits per heavy atom. The summed E-state index contributed by atoms with van der Waals surface area (Å²) < 4.78 is 5.55. The van der Waals surface area contributed by atoms with Gasteiger partial charge in [-0.15, -0.1) is 0 Å². The van der Waals surface area contributed by atoms with Crippen LogP contribution < -0.4 is 15.4 Å². The smallest absolute Gasteiger partial charge is 0.231 e. The Bertz CT molecular complexity index is 420. The summed E-state index contributed by atoms with van der Waals surface area (Å²) in [6.45, 7) is 3.64. The minimum Gasteiger partial charge on any atom is -0.490 e. The van der Waals surface area contributed by atoms with Crippen LogP contribution in [0.15, 0.2) is 24.3 Å². The number of amides is 1. The number of carbonyl (C=O) groups excluding carboxylic acids is 1. The molecule has 1 aliphatic rings. The second kappa shape index (κ2) is 5.87. The number of rotatable bonds is 4. The molecule has 1 unspecified atom stereocenters. The number of para-hydroxylation sites is 2. The molecule has 0 saturated heterocycles. The van der Waals surface area contributed by atoms with Crippen LogP contribution >= 0.6 is 0 Å². The molecule has 2 N–H and O–H groups in total. The molecule has 98 valence electrons. The summed E-state index contributed by atoms with van der Waals surface area (Å²) in [7, 11) is 0. The van der Waals surface area contributed by atoms with Crippen LogP contribution in [-0.2, 0) is 4.79 Å². The van der Waals surface area contributed by atoms with E-state index < -0.39 is 0 Å². The number of nitrogens with zero attached hydrogens (tertiary/aromatic N) is 1. The Kier molecular flexibility index (Phi) is 4.20. The lowest BCUT2D eigenvalue weighted by atomic mass is 10.0. The van der Waals surface area contributed by atoms with Crippen molar-refractivity contribution >= 4 is 11.6 Å². The summed E-state index contributed by atoms with van der Waals surface area (Å²) in [6, 6.07) is 7.66. The number of hydrogen-bond donors (Lipinski definition) is 1. The topological polar surface area (TPSA) is 55.6 Å². The van der Waals surface area contributed by atoms with Crippen LogP contribution in [0.4, 0.5) is 5.69 Å². The van der Waals surface area contributed by atoms with Crippen LogP contribution in [0.1, 0.15) is 19.8 Å². The molecule has 1 aromatic carbocycles. The van der Waals surface area contributed by atoms with Gasteiger partial charge in [-0.05, 0) is 18.6 Å². The van der Waals surface area contributed by atoms with Gasteiger partial charge in [0.1, 0.15) is 12.4 Å². The van der Waals surface area contributed by atoms with Crippen LogP contribution in [0.25, 0.3) is 0 Å². The van der Waals surface area contributed by atoms with Crippen molar-refractivity contribution in [2.24, 2.45) is 11.7 Å². The first kappa shape index (κ1) is 12.9.